The van der Waals surface area contributed by atoms with E-state index in [1.807, 2.05) is 6.92 Å². The molecule has 0 saturated heterocycles. The Labute approximate surface area is 163 Å². The topological polar surface area (TPSA) is 115 Å². The number of anilines is 1. The molecule has 2 aromatic rings. The average molecular weight is 390 g/mol. The molecule has 0 aromatic carbocycles. The van der Waals surface area contributed by atoms with Crippen molar-refractivity contribution in [3.63, 3.8) is 0 Å². The fourth-order valence-corrected chi connectivity index (χ4v) is 2.92. The predicted octanol–water partition coefficient (Wildman–Crippen LogP) is 2.34. The molecule has 9 nitrogen and oxygen atoms in total. The quantitative estimate of drug-likeness (QED) is 0.732. The summed E-state index contributed by atoms with van der Waals surface area (Å²) in [5.41, 5.74) is 3.36. The number of hydrogen-bond donors (Lipinski definition) is 2. The van der Waals surface area contributed by atoms with Crippen LogP contribution in [0.4, 0.5) is 5.69 Å². The Balaban J connectivity index is 2.14. The van der Waals surface area contributed by atoms with Crippen molar-refractivity contribution in [3.05, 3.63) is 33.9 Å². The summed E-state index contributed by atoms with van der Waals surface area (Å²) in [6.45, 7) is 10.3. The van der Waals surface area contributed by atoms with E-state index in [4.69, 9.17) is 9.47 Å². The van der Waals surface area contributed by atoms with E-state index in [-0.39, 0.29) is 17.9 Å². The van der Waals surface area contributed by atoms with E-state index in [0.717, 1.165) is 5.69 Å². The maximum atomic E-state index is 12.6. The van der Waals surface area contributed by atoms with Crippen LogP contribution in [0, 0.1) is 27.7 Å². The number of nitrogens with zero attached hydrogens (tertiary/aromatic N) is 2. The molecule has 9 heteroatoms. The molecule has 0 fully saturated rings. The zero-order valence-electron chi connectivity index (χ0n) is 17.2. The summed E-state index contributed by atoms with van der Waals surface area (Å²) < 4.78 is 12.0. The number of hydrogen-bond acceptors (Lipinski definition) is 6. The molecule has 2 heterocycles. The molecule has 0 aliphatic rings. The molecule has 2 rings (SSSR count). The second kappa shape index (κ2) is 8.28. The summed E-state index contributed by atoms with van der Waals surface area (Å²) in [5, 5.41) is 6.98. The van der Waals surface area contributed by atoms with Crippen LogP contribution in [0.2, 0.25) is 0 Å². The summed E-state index contributed by atoms with van der Waals surface area (Å²) >= 11 is 0. The first kappa shape index (κ1) is 21.2. The molecule has 0 bridgehead atoms. The molecule has 0 unspecified atom stereocenters. The van der Waals surface area contributed by atoms with Crippen LogP contribution in [-0.2, 0) is 21.3 Å². The van der Waals surface area contributed by atoms with Gasteiger partial charge in [-0.2, -0.15) is 5.10 Å². The molecule has 0 spiro atoms. The minimum Gasteiger partial charge on any atom is -0.461 e. The van der Waals surface area contributed by atoms with E-state index in [2.05, 4.69) is 15.4 Å². The number of aromatic amines is 1. The molecule has 28 heavy (non-hydrogen) atoms. The number of aryl methyl sites for hydroxylation is 3. The van der Waals surface area contributed by atoms with Crippen molar-refractivity contribution in [2.45, 2.75) is 47.6 Å². The van der Waals surface area contributed by atoms with Crippen LogP contribution in [0.5, 0.6) is 0 Å². The predicted molar refractivity (Wildman–Crippen MR) is 102 cm³/mol. The van der Waals surface area contributed by atoms with Crippen molar-refractivity contribution in [3.8, 4) is 0 Å². The van der Waals surface area contributed by atoms with Gasteiger partial charge in [0, 0.05) is 12.7 Å². The van der Waals surface area contributed by atoms with Crippen LogP contribution >= 0.6 is 0 Å². The molecule has 0 aliphatic heterocycles. The maximum Gasteiger partial charge on any atom is 0.355 e. The molecular formula is C19H26N4O5. The second-order valence-electron chi connectivity index (χ2n) is 6.55. The highest BCUT2D eigenvalue weighted by molar-refractivity contribution is 6.01. The molecular weight excluding hydrogens is 364 g/mol. The third-order valence-electron chi connectivity index (χ3n) is 4.53. The van der Waals surface area contributed by atoms with Crippen molar-refractivity contribution < 1.29 is 23.9 Å². The first-order valence-corrected chi connectivity index (χ1v) is 8.96. The number of carbonyl (C=O) groups is 3. The molecule has 2 N–H and O–H groups in total. The van der Waals surface area contributed by atoms with Crippen molar-refractivity contribution >= 4 is 23.5 Å². The van der Waals surface area contributed by atoms with E-state index in [0.29, 0.717) is 22.6 Å². The third kappa shape index (κ3) is 4.08. The van der Waals surface area contributed by atoms with Gasteiger partial charge in [-0.3, -0.25) is 9.48 Å². The van der Waals surface area contributed by atoms with Gasteiger partial charge < -0.3 is 19.8 Å². The van der Waals surface area contributed by atoms with Gasteiger partial charge in [0.25, 0.3) is 5.91 Å². The van der Waals surface area contributed by atoms with Gasteiger partial charge in [-0.1, -0.05) is 0 Å². The molecule has 152 valence electrons. The largest absolute Gasteiger partial charge is 0.461 e. The highest BCUT2D eigenvalue weighted by Crippen LogP contribution is 2.22. The first-order valence-electron chi connectivity index (χ1n) is 8.96. The van der Waals surface area contributed by atoms with Crippen molar-refractivity contribution in [1.29, 1.82) is 0 Å². The minimum atomic E-state index is -1.04. The summed E-state index contributed by atoms with van der Waals surface area (Å²) in [4.78, 5) is 39.9. The molecule has 0 saturated carbocycles. The van der Waals surface area contributed by atoms with Crippen molar-refractivity contribution in [1.82, 2.24) is 14.8 Å². The Morgan fingerprint density at radius 2 is 1.82 bits per heavy atom. The summed E-state index contributed by atoms with van der Waals surface area (Å²) in [6.07, 6.45) is -1.04. The smallest absolute Gasteiger partial charge is 0.355 e. The lowest BCUT2D eigenvalue weighted by Gasteiger charge is -2.14. The normalized spacial score (nSPS) is 11.8. The number of carbonyl (C=O) groups excluding carboxylic acids is 3. The minimum absolute atomic E-state index is 0.199. The number of aromatic nitrogens is 3. The Morgan fingerprint density at radius 1 is 1.18 bits per heavy atom. The second-order valence-corrected chi connectivity index (χ2v) is 6.55. The van der Waals surface area contributed by atoms with Crippen LogP contribution in [0.15, 0.2) is 0 Å². The number of rotatable bonds is 6. The Hall–Kier alpha value is -3.10. The van der Waals surface area contributed by atoms with Gasteiger partial charge in [0.1, 0.15) is 5.69 Å². The van der Waals surface area contributed by atoms with E-state index in [9.17, 15) is 14.4 Å². The van der Waals surface area contributed by atoms with Crippen molar-refractivity contribution in [2.24, 2.45) is 7.05 Å². The summed E-state index contributed by atoms with van der Waals surface area (Å²) in [7, 11) is 1.78. The van der Waals surface area contributed by atoms with E-state index in [1.165, 1.54) is 6.92 Å². The highest BCUT2D eigenvalue weighted by atomic mass is 16.5. The number of nitrogens with one attached hydrogen (secondary N) is 2. The van der Waals surface area contributed by atoms with Gasteiger partial charge in [0.2, 0.25) is 0 Å². The Kier molecular flexibility index (Phi) is 6.27. The van der Waals surface area contributed by atoms with E-state index >= 15 is 0 Å². The van der Waals surface area contributed by atoms with Crippen LogP contribution in [0.25, 0.3) is 0 Å². The van der Waals surface area contributed by atoms with Crippen LogP contribution in [0.1, 0.15) is 57.3 Å². The van der Waals surface area contributed by atoms with E-state index < -0.39 is 23.9 Å². The Morgan fingerprint density at radius 3 is 2.36 bits per heavy atom. The molecule has 2 aromatic heterocycles. The lowest BCUT2D eigenvalue weighted by Crippen LogP contribution is -2.30. The van der Waals surface area contributed by atoms with Gasteiger partial charge in [-0.25, -0.2) is 9.59 Å². The number of esters is 2. The monoisotopic (exact) mass is 390 g/mol. The fourth-order valence-electron chi connectivity index (χ4n) is 2.92. The number of amides is 1. The number of H-pyrrole nitrogens is 1. The lowest BCUT2D eigenvalue weighted by atomic mass is 10.1. The number of ether oxygens (including phenoxy) is 2. The van der Waals surface area contributed by atoms with Gasteiger partial charge >= 0.3 is 11.9 Å². The lowest BCUT2D eigenvalue weighted by molar-refractivity contribution is -0.123. The third-order valence-corrected chi connectivity index (χ3v) is 4.53. The maximum absolute atomic E-state index is 12.6. The average Bonchev–Trinajstić information content (AvgIpc) is 3.04. The zero-order valence-corrected chi connectivity index (χ0v) is 17.2. The molecule has 0 radical (unpaired) electrons. The van der Waals surface area contributed by atoms with Crippen LogP contribution < -0.4 is 5.32 Å². The van der Waals surface area contributed by atoms with Gasteiger partial charge in [0.05, 0.1) is 29.2 Å². The molecule has 1 atom stereocenters. The van der Waals surface area contributed by atoms with Gasteiger partial charge in [-0.15, -0.1) is 0 Å². The summed E-state index contributed by atoms with van der Waals surface area (Å²) in [6, 6.07) is 0. The van der Waals surface area contributed by atoms with Crippen LogP contribution in [0.3, 0.4) is 0 Å². The standard InChI is InChI=1S/C19H26N4O5/c1-8-27-19(26)15-9(2)14(10(3)20-15)18(25)28-13(6)17(24)21-16-11(4)22-23(7)12(16)5/h13,20H,8H2,1-7H3,(H,21,24)/t13-/m1/s1. The van der Waals surface area contributed by atoms with Gasteiger partial charge in [0.15, 0.2) is 6.10 Å². The zero-order chi connectivity index (χ0) is 21.2. The van der Waals surface area contributed by atoms with E-state index in [1.54, 1.807) is 39.4 Å². The SMILES string of the molecule is CCOC(=O)c1[nH]c(C)c(C(=O)O[C@H](C)C(=O)Nc2c(C)nn(C)c2C)c1C. The van der Waals surface area contributed by atoms with Crippen molar-refractivity contribution in [2.75, 3.05) is 11.9 Å². The highest BCUT2D eigenvalue weighted by Gasteiger charge is 2.27. The van der Waals surface area contributed by atoms with Crippen LogP contribution in [-0.4, -0.2) is 45.3 Å². The summed E-state index contributed by atoms with van der Waals surface area (Å²) in [5.74, 6) is -1.71. The first-order chi connectivity index (χ1) is 13.1. The Bertz CT molecular complexity index is 925. The molecule has 1 amide bonds. The van der Waals surface area contributed by atoms with Gasteiger partial charge in [-0.05, 0) is 47.1 Å². The fraction of sp³-hybridized carbons (Fsp3) is 0.474. The molecule has 0 aliphatic carbocycles.